The second-order valence-electron chi connectivity index (χ2n) is 16.9. The SMILES string of the molecule is COC(=O)N[C@H](C(=O)N1[C@@H]2CC2C[C@H]1c1nc2ccc(-c3cccc(Oc4ccc5nc([C@@H]6CC7C[C@H]7N6C(=O)[C@@H](NC(=O)O)C(C)C)[nH]c5c4)c3)cc2[nH]1)C(C)C. The molecule has 9 rings (SSSR count). The van der Waals surface area contributed by atoms with Crippen LogP contribution in [0, 0.1) is 23.7 Å². The van der Waals surface area contributed by atoms with Gasteiger partial charge in [0.15, 0.2) is 0 Å². The summed E-state index contributed by atoms with van der Waals surface area (Å²) in [5.41, 5.74) is 5.12. The van der Waals surface area contributed by atoms with Crippen LogP contribution < -0.4 is 15.4 Å². The molecule has 5 aromatic rings. The summed E-state index contributed by atoms with van der Waals surface area (Å²) in [7, 11) is 1.30. The highest BCUT2D eigenvalue weighted by atomic mass is 16.5. The number of hydrogen-bond acceptors (Lipinski definition) is 8. The number of alkyl carbamates (subject to hydrolysis) is 1. The molecule has 4 heterocycles. The topological polar surface area (TPSA) is 195 Å². The molecule has 15 heteroatoms. The monoisotopic (exact) mass is 788 g/mol. The van der Waals surface area contributed by atoms with E-state index in [4.69, 9.17) is 19.4 Å². The molecule has 2 saturated heterocycles. The number of carboxylic acid groups (broad SMARTS) is 1. The van der Waals surface area contributed by atoms with E-state index in [1.165, 1.54) is 7.11 Å². The van der Waals surface area contributed by atoms with Gasteiger partial charge in [-0.1, -0.05) is 45.9 Å². The van der Waals surface area contributed by atoms with Crippen molar-refractivity contribution in [3.8, 4) is 22.6 Å². The van der Waals surface area contributed by atoms with E-state index in [2.05, 4.69) is 26.7 Å². The van der Waals surface area contributed by atoms with Gasteiger partial charge in [-0.05, 0) is 96.9 Å². The van der Waals surface area contributed by atoms with Crippen LogP contribution >= 0.6 is 0 Å². The number of aromatic amines is 2. The number of nitrogens with one attached hydrogen (secondary N) is 4. The van der Waals surface area contributed by atoms with Crippen molar-refractivity contribution >= 4 is 46.1 Å². The molecular weight excluding hydrogens is 741 g/mol. The number of carbonyl (C=O) groups is 4. The van der Waals surface area contributed by atoms with Gasteiger partial charge >= 0.3 is 12.2 Å². The first-order chi connectivity index (χ1) is 27.9. The smallest absolute Gasteiger partial charge is 0.407 e. The average Bonchev–Trinajstić information content (AvgIpc) is 3.86. The van der Waals surface area contributed by atoms with Crippen molar-refractivity contribution in [2.45, 2.75) is 89.6 Å². The van der Waals surface area contributed by atoms with E-state index < -0.39 is 24.3 Å². The molecule has 4 aliphatic rings. The second kappa shape index (κ2) is 14.4. The van der Waals surface area contributed by atoms with Gasteiger partial charge in [-0.3, -0.25) is 9.59 Å². The predicted octanol–water partition coefficient (Wildman–Crippen LogP) is 6.90. The lowest BCUT2D eigenvalue weighted by Gasteiger charge is -2.31. The number of fused-ring (bicyclic) bond motifs is 4. The Morgan fingerprint density at radius 1 is 0.707 bits per heavy atom. The van der Waals surface area contributed by atoms with Crippen molar-refractivity contribution in [1.82, 2.24) is 40.4 Å². The number of H-pyrrole nitrogens is 2. The van der Waals surface area contributed by atoms with Gasteiger partial charge < -0.3 is 45.0 Å². The van der Waals surface area contributed by atoms with Crippen molar-refractivity contribution in [3.63, 3.8) is 0 Å². The highest BCUT2D eigenvalue weighted by Crippen LogP contribution is 2.54. The van der Waals surface area contributed by atoms with Gasteiger partial charge in [0.1, 0.15) is 35.2 Å². The van der Waals surface area contributed by atoms with Gasteiger partial charge in [0.25, 0.3) is 0 Å². The van der Waals surface area contributed by atoms with Crippen molar-refractivity contribution < 1.29 is 33.8 Å². The Hall–Kier alpha value is -6.12. The molecule has 3 aromatic carbocycles. The zero-order valence-electron chi connectivity index (χ0n) is 33.1. The van der Waals surface area contributed by atoms with Crippen LogP contribution in [-0.2, 0) is 14.3 Å². The summed E-state index contributed by atoms with van der Waals surface area (Å²) in [4.78, 5) is 71.6. The number of ether oxygens (including phenoxy) is 2. The number of carbonyl (C=O) groups excluding carboxylic acids is 3. The van der Waals surface area contributed by atoms with Crippen LogP contribution in [-0.4, -0.2) is 90.1 Å². The Bertz CT molecular complexity index is 2440. The van der Waals surface area contributed by atoms with Gasteiger partial charge in [0.2, 0.25) is 11.8 Å². The van der Waals surface area contributed by atoms with Gasteiger partial charge in [-0.15, -0.1) is 0 Å². The third-order valence-corrected chi connectivity index (χ3v) is 12.3. The van der Waals surface area contributed by atoms with E-state index in [0.29, 0.717) is 29.2 Å². The van der Waals surface area contributed by atoms with Crippen LogP contribution in [0.25, 0.3) is 33.2 Å². The van der Waals surface area contributed by atoms with E-state index in [0.717, 1.165) is 64.7 Å². The average molecular weight is 789 g/mol. The Balaban J connectivity index is 0.914. The van der Waals surface area contributed by atoms with Crippen molar-refractivity contribution in [1.29, 1.82) is 0 Å². The van der Waals surface area contributed by atoms with Crippen molar-refractivity contribution in [2.75, 3.05) is 7.11 Å². The maximum absolute atomic E-state index is 13.9. The number of nitrogens with zero attached hydrogens (tertiary/aromatic N) is 4. The zero-order chi connectivity index (χ0) is 40.6. The summed E-state index contributed by atoms with van der Waals surface area (Å²) >= 11 is 0. The molecule has 15 nitrogen and oxygen atoms in total. The summed E-state index contributed by atoms with van der Waals surface area (Å²) in [6.45, 7) is 7.51. The molecule has 2 unspecified atom stereocenters. The Kier molecular flexibility index (Phi) is 9.28. The minimum Gasteiger partial charge on any atom is -0.465 e. The molecule has 0 radical (unpaired) electrons. The van der Waals surface area contributed by atoms with Crippen LogP contribution in [0.15, 0.2) is 60.7 Å². The van der Waals surface area contributed by atoms with Gasteiger partial charge in [0, 0.05) is 18.2 Å². The van der Waals surface area contributed by atoms with Crippen LogP contribution in [0.3, 0.4) is 0 Å². The lowest BCUT2D eigenvalue weighted by atomic mass is 10.0. The lowest BCUT2D eigenvalue weighted by molar-refractivity contribution is -0.137. The number of rotatable bonds is 11. The first-order valence-electron chi connectivity index (χ1n) is 20.1. The normalized spacial score (nSPS) is 24.1. The number of likely N-dealkylation sites (tertiary alicyclic amines) is 2. The highest BCUT2D eigenvalue weighted by Gasteiger charge is 2.57. The summed E-state index contributed by atoms with van der Waals surface area (Å²) < 4.78 is 11.2. The summed E-state index contributed by atoms with van der Waals surface area (Å²) in [5, 5.41) is 14.6. The van der Waals surface area contributed by atoms with E-state index in [1.807, 2.05) is 92.1 Å². The summed E-state index contributed by atoms with van der Waals surface area (Å²) in [6.07, 6.45) is 1.65. The molecule has 2 aliphatic heterocycles. The summed E-state index contributed by atoms with van der Waals surface area (Å²) in [5.74, 6) is 2.88. The molecule has 0 spiro atoms. The third kappa shape index (κ3) is 6.85. The lowest BCUT2D eigenvalue weighted by Crippen LogP contribution is -2.52. The van der Waals surface area contributed by atoms with Crippen LogP contribution in [0.2, 0.25) is 0 Å². The Morgan fingerprint density at radius 2 is 1.24 bits per heavy atom. The second-order valence-corrected chi connectivity index (χ2v) is 16.9. The molecule has 5 N–H and O–H groups in total. The first-order valence-corrected chi connectivity index (χ1v) is 20.1. The number of aromatic nitrogens is 4. The van der Waals surface area contributed by atoms with Gasteiger partial charge in [-0.25, -0.2) is 19.6 Å². The molecule has 2 aromatic heterocycles. The molecule has 0 bridgehead atoms. The maximum atomic E-state index is 13.9. The quantitative estimate of drug-likeness (QED) is 0.0947. The molecule has 8 atom stereocenters. The third-order valence-electron chi connectivity index (χ3n) is 12.3. The minimum absolute atomic E-state index is 0.101. The first kappa shape index (κ1) is 37.5. The minimum atomic E-state index is -1.21. The number of piperidine rings is 2. The standard InChI is InChI=1S/C43H48N8O7/c1-20(2)36(48-42(54)55)40(52)50-32-15-24(32)18-35(50)39-45-29-12-10-27(19-31(29)47-39)58-26-8-6-7-22(13-26)23-9-11-28-30(14-23)46-38(44-28)34-17-25-16-33(25)51(34)41(53)37(21(3)4)49-43(56)57-5/h6-14,19-21,24-25,32-37,48H,15-18H2,1-5H3,(H,44,46)(H,45,47)(H,49,56)(H,54,55)/t24?,25?,32-,33-,34+,35+,36+,37+/m1/s1. The molecule has 58 heavy (non-hydrogen) atoms. The fourth-order valence-corrected chi connectivity index (χ4v) is 9.17. The summed E-state index contributed by atoms with van der Waals surface area (Å²) in [6, 6.07) is 17.8. The fraction of sp³-hybridized carbons (Fsp3) is 0.442. The van der Waals surface area contributed by atoms with Crippen molar-refractivity contribution in [3.05, 3.63) is 72.3 Å². The molecule has 2 saturated carbocycles. The van der Waals surface area contributed by atoms with Crippen LogP contribution in [0.4, 0.5) is 9.59 Å². The Labute approximate surface area is 334 Å². The van der Waals surface area contributed by atoms with E-state index in [9.17, 15) is 24.3 Å². The number of methoxy groups -OCH3 is 1. The van der Waals surface area contributed by atoms with E-state index in [-0.39, 0.29) is 47.8 Å². The largest absolute Gasteiger partial charge is 0.465 e. The van der Waals surface area contributed by atoms with Gasteiger partial charge in [-0.2, -0.15) is 0 Å². The Morgan fingerprint density at radius 3 is 1.81 bits per heavy atom. The van der Waals surface area contributed by atoms with E-state index >= 15 is 0 Å². The number of amides is 4. The molecule has 4 amide bonds. The van der Waals surface area contributed by atoms with Gasteiger partial charge in [0.05, 0.1) is 41.3 Å². The number of imidazole rings is 2. The predicted molar refractivity (Wildman–Crippen MR) is 214 cm³/mol. The number of hydrogen-bond donors (Lipinski definition) is 5. The molecule has 2 aliphatic carbocycles. The van der Waals surface area contributed by atoms with E-state index in [1.54, 1.807) is 0 Å². The molecular formula is C43H48N8O7. The molecule has 302 valence electrons. The zero-order valence-corrected chi connectivity index (χ0v) is 33.1. The van der Waals surface area contributed by atoms with Crippen LogP contribution in [0.1, 0.15) is 77.1 Å². The molecule has 4 fully saturated rings. The van der Waals surface area contributed by atoms with Crippen LogP contribution in [0.5, 0.6) is 11.5 Å². The van der Waals surface area contributed by atoms with Crippen molar-refractivity contribution in [2.24, 2.45) is 23.7 Å². The fourth-order valence-electron chi connectivity index (χ4n) is 9.17. The maximum Gasteiger partial charge on any atom is 0.407 e. The number of benzene rings is 3. The highest BCUT2D eigenvalue weighted by molar-refractivity contribution is 5.88.